The summed E-state index contributed by atoms with van der Waals surface area (Å²) in [4.78, 5) is 14.8. The van der Waals surface area contributed by atoms with Crippen LogP contribution in [0.2, 0.25) is 0 Å². The highest BCUT2D eigenvalue weighted by molar-refractivity contribution is 9.10. The van der Waals surface area contributed by atoms with E-state index in [1.165, 1.54) is 9.71 Å². The van der Waals surface area contributed by atoms with Crippen molar-refractivity contribution in [3.05, 3.63) is 58.6 Å². The molecule has 1 aliphatic heterocycles. The number of rotatable bonds is 7. The maximum atomic E-state index is 12.5. The first-order valence-corrected chi connectivity index (χ1v) is 11.1. The van der Waals surface area contributed by atoms with Crippen molar-refractivity contribution in [2.24, 2.45) is 0 Å². The summed E-state index contributed by atoms with van der Waals surface area (Å²) in [6, 6.07) is 5.65. The fraction of sp³-hybridized carbons (Fsp3) is 0.389. The van der Waals surface area contributed by atoms with E-state index in [1.54, 1.807) is 30.7 Å². The highest BCUT2D eigenvalue weighted by Gasteiger charge is 2.25. The Bertz CT molecular complexity index is 851. The molecule has 144 valence electrons. The van der Waals surface area contributed by atoms with Crippen molar-refractivity contribution in [3.8, 4) is 0 Å². The number of sulfonamides is 1. The van der Waals surface area contributed by atoms with Gasteiger partial charge in [-0.2, -0.15) is 4.31 Å². The fourth-order valence-corrected chi connectivity index (χ4v) is 4.30. The topological polar surface area (TPSA) is 79.3 Å². The summed E-state index contributed by atoms with van der Waals surface area (Å²) in [6.45, 7) is 2.19. The molecule has 3 heterocycles. The number of aryl methyl sites for hydroxylation is 1. The van der Waals surface area contributed by atoms with Gasteiger partial charge in [0.1, 0.15) is 11.6 Å². The number of allylic oxidation sites excluding steroid dienone is 1. The molecule has 2 aromatic rings. The Hall–Kier alpha value is -1.84. The van der Waals surface area contributed by atoms with E-state index < -0.39 is 10.0 Å². The van der Waals surface area contributed by atoms with Gasteiger partial charge in [-0.3, -0.25) is 0 Å². The first kappa shape index (κ1) is 19.9. The van der Waals surface area contributed by atoms with Gasteiger partial charge in [0.15, 0.2) is 0 Å². The lowest BCUT2D eigenvalue weighted by molar-refractivity contribution is 0.388. The van der Waals surface area contributed by atoms with Crippen molar-refractivity contribution in [3.63, 3.8) is 0 Å². The molecule has 27 heavy (non-hydrogen) atoms. The Balaban J connectivity index is 1.45. The summed E-state index contributed by atoms with van der Waals surface area (Å²) in [7, 11) is -3.37. The molecule has 1 aliphatic rings. The molecule has 0 saturated carbocycles. The van der Waals surface area contributed by atoms with Crippen molar-refractivity contribution in [2.75, 3.05) is 31.1 Å². The SMILES string of the molecule is O=S(=O)(/C=C\CCCc1ncccn1)N1CCN(c2ccc(Br)cn2)CC1. The normalized spacial score (nSPS) is 16.1. The minimum Gasteiger partial charge on any atom is -0.354 e. The average molecular weight is 452 g/mol. The molecular formula is C18H22BrN5O2S. The second-order valence-electron chi connectivity index (χ2n) is 6.19. The highest BCUT2D eigenvalue weighted by Crippen LogP contribution is 2.18. The molecule has 2 aromatic heterocycles. The Morgan fingerprint density at radius 2 is 1.81 bits per heavy atom. The quantitative estimate of drug-likeness (QED) is 0.601. The zero-order valence-electron chi connectivity index (χ0n) is 14.9. The summed E-state index contributed by atoms with van der Waals surface area (Å²) in [6.07, 6.45) is 9.14. The molecule has 0 amide bonds. The number of aromatic nitrogens is 3. The van der Waals surface area contributed by atoms with Gasteiger partial charge in [0.05, 0.1) is 0 Å². The predicted molar refractivity (Wildman–Crippen MR) is 109 cm³/mol. The molecule has 1 saturated heterocycles. The van der Waals surface area contributed by atoms with Crippen molar-refractivity contribution in [2.45, 2.75) is 19.3 Å². The van der Waals surface area contributed by atoms with Crippen LogP contribution in [0.3, 0.4) is 0 Å². The number of piperazine rings is 1. The summed E-state index contributed by atoms with van der Waals surface area (Å²) < 4.78 is 27.4. The number of unbranched alkanes of at least 4 members (excludes halogenated alkanes) is 1. The van der Waals surface area contributed by atoms with Crippen LogP contribution in [0.25, 0.3) is 0 Å². The average Bonchev–Trinajstić information content (AvgIpc) is 2.69. The third kappa shape index (κ3) is 5.82. The Kier molecular flexibility index (Phi) is 6.92. The summed E-state index contributed by atoms with van der Waals surface area (Å²) in [5.74, 6) is 1.65. The van der Waals surface area contributed by atoms with Gasteiger partial charge >= 0.3 is 0 Å². The van der Waals surface area contributed by atoms with Crippen molar-refractivity contribution in [1.82, 2.24) is 19.3 Å². The molecule has 0 radical (unpaired) electrons. The molecule has 0 aromatic carbocycles. The predicted octanol–water partition coefficient (Wildman–Crippen LogP) is 2.62. The molecule has 0 unspecified atom stereocenters. The number of hydrogen-bond acceptors (Lipinski definition) is 6. The maximum Gasteiger partial charge on any atom is 0.236 e. The molecule has 9 heteroatoms. The van der Waals surface area contributed by atoms with Crippen molar-refractivity contribution in [1.29, 1.82) is 0 Å². The van der Waals surface area contributed by atoms with E-state index in [4.69, 9.17) is 0 Å². The van der Waals surface area contributed by atoms with E-state index in [-0.39, 0.29) is 0 Å². The van der Waals surface area contributed by atoms with Gasteiger partial charge in [0.25, 0.3) is 0 Å². The van der Waals surface area contributed by atoms with Gasteiger partial charge in [-0.1, -0.05) is 6.08 Å². The summed E-state index contributed by atoms with van der Waals surface area (Å²) in [5, 5.41) is 1.33. The minimum atomic E-state index is -3.37. The molecule has 1 fully saturated rings. The first-order valence-electron chi connectivity index (χ1n) is 8.84. The molecule has 0 N–H and O–H groups in total. The maximum absolute atomic E-state index is 12.5. The van der Waals surface area contributed by atoms with Crippen LogP contribution in [0.4, 0.5) is 5.82 Å². The number of nitrogens with zero attached hydrogens (tertiary/aromatic N) is 5. The van der Waals surface area contributed by atoms with E-state index in [1.807, 2.05) is 12.1 Å². The van der Waals surface area contributed by atoms with E-state index in [9.17, 15) is 8.42 Å². The molecule has 0 atom stereocenters. The van der Waals surface area contributed by atoms with Gasteiger partial charge in [-0.05, 0) is 47.0 Å². The molecule has 0 aliphatic carbocycles. The Morgan fingerprint density at radius 1 is 1.07 bits per heavy atom. The van der Waals surface area contributed by atoms with E-state index in [2.05, 4.69) is 35.8 Å². The molecule has 7 nitrogen and oxygen atoms in total. The van der Waals surface area contributed by atoms with E-state index in [0.717, 1.165) is 29.0 Å². The molecule has 3 rings (SSSR count). The van der Waals surface area contributed by atoms with Crippen LogP contribution in [-0.2, 0) is 16.4 Å². The van der Waals surface area contributed by atoms with Gasteiger partial charge < -0.3 is 4.90 Å². The van der Waals surface area contributed by atoms with Crippen molar-refractivity contribution < 1.29 is 8.42 Å². The summed E-state index contributed by atoms with van der Waals surface area (Å²) in [5.41, 5.74) is 0. The van der Waals surface area contributed by atoms with Crippen LogP contribution in [0, 0.1) is 0 Å². The second-order valence-corrected chi connectivity index (χ2v) is 8.93. The number of hydrogen-bond donors (Lipinski definition) is 0. The Labute approximate surface area is 168 Å². The third-order valence-electron chi connectivity index (χ3n) is 4.29. The minimum absolute atomic E-state index is 0.461. The Morgan fingerprint density at radius 3 is 2.48 bits per heavy atom. The number of pyridine rings is 1. The van der Waals surface area contributed by atoms with Crippen LogP contribution >= 0.6 is 15.9 Å². The smallest absolute Gasteiger partial charge is 0.236 e. The largest absolute Gasteiger partial charge is 0.354 e. The molecular weight excluding hydrogens is 430 g/mol. The van der Waals surface area contributed by atoms with Crippen LogP contribution in [-0.4, -0.2) is 53.9 Å². The first-order chi connectivity index (χ1) is 13.0. The molecule has 0 bridgehead atoms. The monoisotopic (exact) mass is 451 g/mol. The number of anilines is 1. The summed E-state index contributed by atoms with van der Waals surface area (Å²) >= 11 is 3.37. The number of halogens is 1. The van der Waals surface area contributed by atoms with Crippen LogP contribution < -0.4 is 4.90 Å². The van der Waals surface area contributed by atoms with Gasteiger partial charge in [0, 0.05) is 61.1 Å². The van der Waals surface area contributed by atoms with E-state index in [0.29, 0.717) is 32.6 Å². The van der Waals surface area contributed by atoms with Gasteiger partial charge in [-0.15, -0.1) is 0 Å². The zero-order chi connectivity index (χ0) is 19.1. The van der Waals surface area contributed by atoms with Crippen LogP contribution in [0.5, 0.6) is 0 Å². The van der Waals surface area contributed by atoms with E-state index >= 15 is 0 Å². The van der Waals surface area contributed by atoms with Crippen LogP contribution in [0.1, 0.15) is 18.7 Å². The molecule has 0 spiro atoms. The van der Waals surface area contributed by atoms with Crippen molar-refractivity contribution >= 4 is 31.8 Å². The lowest BCUT2D eigenvalue weighted by Crippen LogP contribution is -2.48. The highest BCUT2D eigenvalue weighted by atomic mass is 79.9. The van der Waals surface area contributed by atoms with Gasteiger partial charge in [-0.25, -0.2) is 23.4 Å². The third-order valence-corrected chi connectivity index (χ3v) is 6.38. The lowest BCUT2D eigenvalue weighted by Gasteiger charge is -2.34. The zero-order valence-corrected chi connectivity index (χ0v) is 17.3. The fourth-order valence-electron chi connectivity index (χ4n) is 2.84. The van der Waals surface area contributed by atoms with Gasteiger partial charge in [0.2, 0.25) is 10.0 Å². The lowest BCUT2D eigenvalue weighted by atomic mass is 10.2. The standard InChI is InChI=1S/C18H22BrN5O2S/c19-16-6-7-18(22-15-16)23-10-12-24(13-11-23)27(25,26)14-3-1-2-5-17-20-8-4-9-21-17/h3-4,6-9,14-15H,1-2,5,10-13H2/b14-3-. The van der Waals surface area contributed by atoms with Crippen LogP contribution in [0.15, 0.2) is 52.7 Å². The second kappa shape index (κ2) is 9.38.